The molecular weight excluding hydrogens is 257 g/mol. The molecule has 2 rings (SSSR count). The molecule has 0 amide bonds. The maximum atomic E-state index is 13.2. The summed E-state index contributed by atoms with van der Waals surface area (Å²) in [5, 5.41) is 9.62. The summed E-state index contributed by atoms with van der Waals surface area (Å²) in [6.07, 6.45) is 0. The largest absolute Gasteiger partial charge is 0.505 e. The molecule has 1 N–H and O–H groups in total. The van der Waals surface area contributed by atoms with Crippen LogP contribution < -0.4 is 0 Å². The van der Waals surface area contributed by atoms with Crippen molar-refractivity contribution >= 4 is 17.3 Å². The van der Waals surface area contributed by atoms with E-state index in [9.17, 15) is 9.18 Å². The zero-order valence-corrected chi connectivity index (χ0v) is 10.5. The predicted molar refractivity (Wildman–Crippen MR) is 65.2 cm³/mol. The van der Waals surface area contributed by atoms with E-state index in [-0.39, 0.29) is 5.69 Å². The Bertz CT molecular complexity index is 609. The molecule has 0 unspecified atom stereocenters. The summed E-state index contributed by atoms with van der Waals surface area (Å²) in [4.78, 5) is 16.2. The molecule has 1 aromatic heterocycles. The number of benzene rings is 1. The number of ether oxygens (including phenoxy) is 1. The molecule has 0 atom stereocenters. The first kappa shape index (κ1) is 12.5. The van der Waals surface area contributed by atoms with E-state index < -0.39 is 17.5 Å². The van der Waals surface area contributed by atoms with Gasteiger partial charge >= 0.3 is 5.97 Å². The van der Waals surface area contributed by atoms with E-state index in [1.807, 2.05) is 0 Å². The van der Waals surface area contributed by atoms with Crippen LogP contribution >= 0.6 is 11.3 Å². The van der Waals surface area contributed by atoms with Gasteiger partial charge in [0.25, 0.3) is 0 Å². The van der Waals surface area contributed by atoms with Crippen molar-refractivity contribution in [3.05, 3.63) is 34.6 Å². The number of hydrogen-bond donors (Lipinski definition) is 1. The molecule has 1 aromatic carbocycles. The fraction of sp³-hybridized carbons (Fsp3) is 0.167. The van der Waals surface area contributed by atoms with Crippen molar-refractivity contribution in [1.29, 1.82) is 0 Å². The molecule has 1 heterocycles. The van der Waals surface area contributed by atoms with Crippen LogP contribution in [0.25, 0.3) is 10.6 Å². The average Bonchev–Trinajstić information content (AvgIpc) is 2.74. The number of aryl methyl sites for hydroxylation is 1. The number of nitrogens with zero attached hydrogens (tertiary/aromatic N) is 1. The molecule has 0 aliphatic heterocycles. The van der Waals surface area contributed by atoms with Gasteiger partial charge in [-0.2, -0.15) is 0 Å². The second-order valence-electron chi connectivity index (χ2n) is 3.58. The predicted octanol–water partition coefficient (Wildman–Crippen LogP) is 2.75. The Hall–Kier alpha value is -1.95. The highest BCUT2D eigenvalue weighted by molar-refractivity contribution is 7.15. The monoisotopic (exact) mass is 267 g/mol. The van der Waals surface area contributed by atoms with Crippen molar-refractivity contribution in [2.24, 2.45) is 0 Å². The number of aromatic nitrogens is 1. The SMILES string of the molecule is COC(=O)c1nc(-c2ccc(O)c(F)c2)sc1C. The molecule has 0 fully saturated rings. The van der Waals surface area contributed by atoms with Gasteiger partial charge in [0.1, 0.15) is 5.01 Å². The average molecular weight is 267 g/mol. The highest BCUT2D eigenvalue weighted by atomic mass is 32.1. The van der Waals surface area contributed by atoms with Gasteiger partial charge < -0.3 is 9.84 Å². The maximum Gasteiger partial charge on any atom is 0.357 e. The van der Waals surface area contributed by atoms with Gasteiger partial charge in [-0.1, -0.05) is 0 Å². The summed E-state index contributed by atoms with van der Waals surface area (Å²) in [5.41, 5.74) is 0.736. The Labute approximate surface area is 107 Å². The lowest BCUT2D eigenvalue weighted by Crippen LogP contribution is -2.03. The van der Waals surface area contributed by atoms with Crippen molar-refractivity contribution in [3.63, 3.8) is 0 Å². The van der Waals surface area contributed by atoms with E-state index in [0.29, 0.717) is 15.4 Å². The second kappa shape index (κ2) is 4.73. The zero-order chi connectivity index (χ0) is 13.3. The van der Waals surface area contributed by atoms with Gasteiger partial charge in [0.15, 0.2) is 17.3 Å². The fourth-order valence-electron chi connectivity index (χ4n) is 1.45. The molecule has 0 saturated heterocycles. The number of phenolic OH excluding ortho intramolecular Hbond substituents is 1. The normalized spacial score (nSPS) is 10.4. The summed E-state index contributed by atoms with van der Waals surface area (Å²) in [6, 6.07) is 3.96. The van der Waals surface area contributed by atoms with Crippen LogP contribution in [0.1, 0.15) is 15.4 Å². The van der Waals surface area contributed by atoms with E-state index in [2.05, 4.69) is 9.72 Å². The first-order chi connectivity index (χ1) is 8.52. The number of aromatic hydroxyl groups is 1. The van der Waals surface area contributed by atoms with E-state index in [0.717, 1.165) is 0 Å². The lowest BCUT2D eigenvalue weighted by molar-refractivity contribution is 0.0594. The van der Waals surface area contributed by atoms with Crippen molar-refractivity contribution in [2.45, 2.75) is 6.92 Å². The lowest BCUT2D eigenvalue weighted by atomic mass is 10.2. The molecule has 0 radical (unpaired) electrons. The number of thiazole rings is 1. The van der Waals surface area contributed by atoms with Gasteiger partial charge in [0.05, 0.1) is 7.11 Å². The molecule has 0 bridgehead atoms. The molecule has 0 spiro atoms. The minimum atomic E-state index is -0.722. The Morgan fingerprint density at radius 3 is 2.83 bits per heavy atom. The molecule has 0 saturated carbocycles. The van der Waals surface area contributed by atoms with Crippen LogP contribution in [-0.4, -0.2) is 23.2 Å². The van der Waals surface area contributed by atoms with Gasteiger partial charge in [0.2, 0.25) is 0 Å². The molecule has 2 aromatic rings. The summed E-state index contributed by atoms with van der Waals surface area (Å²) >= 11 is 1.27. The van der Waals surface area contributed by atoms with E-state index in [1.165, 1.54) is 36.6 Å². The standard InChI is InChI=1S/C12H10FNO3S/c1-6-10(12(16)17-2)14-11(18-6)7-3-4-9(15)8(13)5-7/h3-5,15H,1-2H3. The number of carbonyl (C=O) groups excluding carboxylic acids is 1. The molecular formula is C12H10FNO3S. The van der Waals surface area contributed by atoms with Crippen LogP contribution in [0.4, 0.5) is 4.39 Å². The number of methoxy groups -OCH3 is 1. The van der Waals surface area contributed by atoms with E-state index in [1.54, 1.807) is 6.92 Å². The third-order valence-corrected chi connectivity index (χ3v) is 3.39. The maximum absolute atomic E-state index is 13.2. The van der Waals surface area contributed by atoms with Gasteiger partial charge in [0, 0.05) is 10.4 Å². The van der Waals surface area contributed by atoms with E-state index in [4.69, 9.17) is 5.11 Å². The number of halogens is 1. The third kappa shape index (κ3) is 2.19. The highest BCUT2D eigenvalue weighted by Gasteiger charge is 2.17. The van der Waals surface area contributed by atoms with Crippen LogP contribution in [-0.2, 0) is 4.74 Å². The van der Waals surface area contributed by atoms with Crippen LogP contribution in [0.2, 0.25) is 0 Å². The molecule has 0 aliphatic carbocycles. The lowest BCUT2D eigenvalue weighted by Gasteiger charge is -1.98. The number of carbonyl (C=O) groups is 1. The van der Waals surface area contributed by atoms with E-state index >= 15 is 0 Å². The quantitative estimate of drug-likeness (QED) is 0.850. The van der Waals surface area contributed by atoms with Gasteiger partial charge in [-0.15, -0.1) is 11.3 Å². The molecule has 6 heteroatoms. The molecule has 4 nitrogen and oxygen atoms in total. The summed E-state index contributed by atoms with van der Waals surface area (Å²) in [7, 11) is 1.28. The number of phenols is 1. The van der Waals surface area contributed by atoms with Crippen molar-refractivity contribution in [1.82, 2.24) is 4.98 Å². The molecule has 18 heavy (non-hydrogen) atoms. The minimum absolute atomic E-state index is 0.228. The number of rotatable bonds is 2. The Morgan fingerprint density at radius 2 is 2.22 bits per heavy atom. The summed E-state index contributed by atoms with van der Waals surface area (Å²) < 4.78 is 17.8. The van der Waals surface area contributed by atoms with Crippen LogP contribution in [0.3, 0.4) is 0 Å². The summed E-state index contributed by atoms with van der Waals surface area (Å²) in [6.45, 7) is 1.74. The van der Waals surface area contributed by atoms with Gasteiger partial charge in [-0.25, -0.2) is 14.2 Å². The van der Waals surface area contributed by atoms with Crippen LogP contribution in [0, 0.1) is 12.7 Å². The van der Waals surface area contributed by atoms with Crippen molar-refractivity contribution in [3.8, 4) is 16.3 Å². The minimum Gasteiger partial charge on any atom is -0.505 e. The second-order valence-corrected chi connectivity index (χ2v) is 4.78. The van der Waals surface area contributed by atoms with Gasteiger partial charge in [-0.3, -0.25) is 0 Å². The van der Waals surface area contributed by atoms with Crippen molar-refractivity contribution < 1.29 is 19.0 Å². The molecule has 0 aliphatic rings. The Kier molecular flexibility index (Phi) is 3.29. The topological polar surface area (TPSA) is 59.4 Å². The zero-order valence-electron chi connectivity index (χ0n) is 9.73. The number of hydrogen-bond acceptors (Lipinski definition) is 5. The highest BCUT2D eigenvalue weighted by Crippen LogP contribution is 2.30. The smallest absolute Gasteiger partial charge is 0.357 e. The van der Waals surface area contributed by atoms with Gasteiger partial charge in [-0.05, 0) is 25.1 Å². The Morgan fingerprint density at radius 1 is 1.50 bits per heavy atom. The first-order valence-corrected chi connectivity index (χ1v) is 5.89. The first-order valence-electron chi connectivity index (χ1n) is 5.07. The number of esters is 1. The fourth-order valence-corrected chi connectivity index (χ4v) is 2.34. The Balaban J connectivity index is 2.45. The third-order valence-electron chi connectivity index (χ3n) is 2.37. The van der Waals surface area contributed by atoms with Crippen LogP contribution in [0.5, 0.6) is 5.75 Å². The van der Waals surface area contributed by atoms with Crippen molar-refractivity contribution in [2.75, 3.05) is 7.11 Å². The van der Waals surface area contributed by atoms with Crippen LogP contribution in [0.15, 0.2) is 18.2 Å². The molecule has 94 valence electrons. The summed E-state index contributed by atoms with van der Waals surface area (Å²) in [5.74, 6) is -1.66.